The molecule has 5 nitrogen and oxygen atoms in total. The fraction of sp³-hybridized carbons (Fsp3) is 0.750. The summed E-state index contributed by atoms with van der Waals surface area (Å²) in [5.74, 6) is 4.16. The average Bonchev–Trinajstić information content (AvgIpc) is 1.80. The van der Waals surface area contributed by atoms with Crippen molar-refractivity contribution >= 4 is 5.91 Å². The van der Waals surface area contributed by atoms with Gasteiger partial charge in [0.25, 0.3) is 0 Å². The first-order valence-corrected chi connectivity index (χ1v) is 2.45. The molecule has 0 atom stereocenters. The number of rotatable bonds is 5. The summed E-state index contributed by atoms with van der Waals surface area (Å²) in [6.45, 7) is 0.482. The highest BCUT2D eigenvalue weighted by atomic mass is 16.6. The summed E-state index contributed by atoms with van der Waals surface area (Å²) in [6.07, 6.45) is 0. The largest absolute Gasteiger partial charge is 0.369 e. The van der Waals surface area contributed by atoms with E-state index >= 15 is 0 Å². The van der Waals surface area contributed by atoms with Gasteiger partial charge in [0.05, 0.1) is 13.2 Å². The average molecular weight is 134 g/mol. The molecule has 0 aromatic heterocycles. The molecule has 0 aliphatic carbocycles. The molecule has 9 heavy (non-hydrogen) atoms. The number of carbonyl (C=O) groups excluding carboxylic acids is 1. The van der Waals surface area contributed by atoms with E-state index in [0.717, 1.165) is 0 Å². The lowest BCUT2D eigenvalue weighted by atomic mass is 10.7. The van der Waals surface area contributed by atoms with Crippen molar-refractivity contribution in [1.82, 2.24) is 0 Å². The minimum atomic E-state index is -0.493. The molecule has 0 aromatic carbocycles. The van der Waals surface area contributed by atoms with Crippen LogP contribution >= 0.6 is 0 Å². The van der Waals surface area contributed by atoms with Crippen molar-refractivity contribution in [3.63, 3.8) is 0 Å². The van der Waals surface area contributed by atoms with Gasteiger partial charge in [-0.3, -0.25) is 4.79 Å². The van der Waals surface area contributed by atoms with Gasteiger partial charge in [-0.1, -0.05) is 0 Å². The Morgan fingerprint density at radius 1 is 1.44 bits per heavy atom. The number of ether oxygens (including phenoxy) is 1. The molecule has 0 aliphatic heterocycles. The van der Waals surface area contributed by atoms with Crippen LogP contribution in [0, 0.1) is 0 Å². The van der Waals surface area contributed by atoms with E-state index in [0.29, 0.717) is 6.61 Å². The lowest BCUT2D eigenvalue weighted by Crippen LogP contribution is -2.20. The normalized spacial score (nSPS) is 9.44. The molecule has 0 bridgehead atoms. The third kappa shape index (κ3) is 7.35. The van der Waals surface area contributed by atoms with Crippen molar-refractivity contribution in [2.45, 2.75) is 0 Å². The molecule has 1 amide bonds. The van der Waals surface area contributed by atoms with Gasteiger partial charge < -0.3 is 15.3 Å². The number of primary amides is 1. The van der Waals surface area contributed by atoms with E-state index in [9.17, 15) is 4.79 Å². The van der Waals surface area contributed by atoms with E-state index in [1.54, 1.807) is 0 Å². The highest BCUT2D eigenvalue weighted by molar-refractivity contribution is 5.74. The van der Waals surface area contributed by atoms with Gasteiger partial charge in [-0.15, -0.1) is 0 Å². The highest BCUT2D eigenvalue weighted by Crippen LogP contribution is 1.71. The number of hydrogen-bond donors (Lipinski definition) is 2. The Morgan fingerprint density at radius 2 is 2.11 bits per heavy atom. The van der Waals surface area contributed by atoms with Crippen LogP contribution in [0.4, 0.5) is 0 Å². The molecule has 4 N–H and O–H groups in total. The second-order valence-electron chi connectivity index (χ2n) is 1.39. The molecule has 0 unspecified atom stereocenters. The predicted molar refractivity (Wildman–Crippen MR) is 30.2 cm³/mol. The summed E-state index contributed by atoms with van der Waals surface area (Å²) in [6, 6.07) is 0. The highest BCUT2D eigenvalue weighted by Gasteiger charge is 1.91. The molecule has 0 aromatic rings. The Bertz CT molecular complexity index is 85.9. The first kappa shape index (κ1) is 8.35. The van der Waals surface area contributed by atoms with Gasteiger partial charge in [-0.2, -0.15) is 0 Å². The molecule has 0 fully saturated rings. The summed E-state index contributed by atoms with van der Waals surface area (Å²) in [4.78, 5) is 14.1. The summed E-state index contributed by atoms with van der Waals surface area (Å²) in [7, 11) is 0. The van der Waals surface area contributed by atoms with Gasteiger partial charge in [0.1, 0.15) is 6.61 Å². The Kier molecular flexibility index (Phi) is 5.09. The van der Waals surface area contributed by atoms with Gasteiger partial charge in [0.15, 0.2) is 0 Å². The maximum atomic E-state index is 9.99. The van der Waals surface area contributed by atoms with E-state index < -0.39 is 5.91 Å². The third-order valence-corrected chi connectivity index (χ3v) is 0.590. The molecule has 54 valence electrons. The van der Waals surface area contributed by atoms with Crippen molar-refractivity contribution in [2.75, 3.05) is 19.8 Å². The van der Waals surface area contributed by atoms with Gasteiger partial charge >= 0.3 is 0 Å². The van der Waals surface area contributed by atoms with Crippen molar-refractivity contribution in [1.29, 1.82) is 0 Å². The van der Waals surface area contributed by atoms with Crippen LogP contribution in [0.2, 0.25) is 0 Å². The summed E-state index contributed by atoms with van der Waals surface area (Å²) in [5.41, 5.74) is 4.74. The monoisotopic (exact) mass is 134 g/mol. The zero-order chi connectivity index (χ0) is 7.11. The fourth-order valence-electron chi connectivity index (χ4n) is 0.280. The zero-order valence-corrected chi connectivity index (χ0v) is 5.00. The van der Waals surface area contributed by atoms with Gasteiger partial charge in [-0.05, 0) is 0 Å². The first-order valence-electron chi connectivity index (χ1n) is 2.45. The van der Waals surface area contributed by atoms with E-state index in [2.05, 4.69) is 15.5 Å². The van der Waals surface area contributed by atoms with Gasteiger partial charge in [0.2, 0.25) is 5.91 Å². The molecular formula is C4H10N2O3. The van der Waals surface area contributed by atoms with Gasteiger partial charge in [-0.25, -0.2) is 5.90 Å². The second kappa shape index (κ2) is 5.49. The minimum Gasteiger partial charge on any atom is -0.369 e. The molecule has 0 heterocycles. The van der Waals surface area contributed by atoms with Crippen molar-refractivity contribution in [3.05, 3.63) is 0 Å². The van der Waals surface area contributed by atoms with Gasteiger partial charge in [0, 0.05) is 0 Å². The molecular weight excluding hydrogens is 124 g/mol. The second-order valence-corrected chi connectivity index (χ2v) is 1.39. The molecule has 0 spiro atoms. The Balaban J connectivity index is 2.83. The lowest BCUT2D eigenvalue weighted by molar-refractivity contribution is -0.123. The van der Waals surface area contributed by atoms with Crippen LogP contribution in [-0.2, 0) is 14.4 Å². The van der Waals surface area contributed by atoms with Crippen molar-refractivity contribution < 1.29 is 14.4 Å². The van der Waals surface area contributed by atoms with Crippen molar-refractivity contribution in [3.8, 4) is 0 Å². The Morgan fingerprint density at radius 3 is 2.56 bits per heavy atom. The van der Waals surface area contributed by atoms with Crippen molar-refractivity contribution in [2.24, 2.45) is 11.6 Å². The summed E-state index contributed by atoms with van der Waals surface area (Å²) >= 11 is 0. The first-order chi connectivity index (χ1) is 4.27. The number of hydrogen-bond acceptors (Lipinski definition) is 4. The van der Waals surface area contributed by atoms with Crippen LogP contribution in [-0.4, -0.2) is 25.7 Å². The Hall–Kier alpha value is -0.650. The molecule has 0 saturated heterocycles. The lowest BCUT2D eigenvalue weighted by Gasteiger charge is -1.97. The molecule has 0 aliphatic rings. The number of nitrogens with two attached hydrogens (primary N) is 2. The summed E-state index contributed by atoms with van der Waals surface area (Å²) in [5, 5.41) is 0. The number of amides is 1. The van der Waals surface area contributed by atoms with Crippen LogP contribution in [0.25, 0.3) is 0 Å². The predicted octanol–water partition coefficient (Wildman–Crippen LogP) is -1.62. The SMILES string of the molecule is NOCCOCC(N)=O. The third-order valence-electron chi connectivity index (χ3n) is 0.590. The van der Waals surface area contributed by atoms with Crippen LogP contribution in [0.5, 0.6) is 0 Å². The van der Waals surface area contributed by atoms with Crippen LogP contribution in [0.1, 0.15) is 0 Å². The molecule has 0 rings (SSSR count). The molecule has 5 heteroatoms. The minimum absolute atomic E-state index is 0.0800. The zero-order valence-electron chi connectivity index (χ0n) is 5.00. The standard InChI is InChI=1S/C4H10N2O3/c5-4(7)3-8-1-2-9-6/h1-3,6H2,(H2,5,7). The maximum Gasteiger partial charge on any atom is 0.243 e. The Labute approximate surface area is 52.9 Å². The van der Waals surface area contributed by atoms with E-state index in [1.807, 2.05) is 0 Å². The van der Waals surface area contributed by atoms with Crippen LogP contribution in [0.3, 0.4) is 0 Å². The number of carbonyl (C=O) groups is 1. The van der Waals surface area contributed by atoms with E-state index in [-0.39, 0.29) is 13.2 Å². The maximum absolute atomic E-state index is 9.99. The smallest absolute Gasteiger partial charge is 0.243 e. The van der Waals surface area contributed by atoms with Crippen LogP contribution < -0.4 is 11.6 Å². The van der Waals surface area contributed by atoms with Crippen LogP contribution in [0.15, 0.2) is 0 Å². The quantitative estimate of drug-likeness (QED) is 0.349. The molecule has 0 saturated carbocycles. The van der Waals surface area contributed by atoms with E-state index in [4.69, 9.17) is 5.73 Å². The topological polar surface area (TPSA) is 87.6 Å². The fourth-order valence-corrected chi connectivity index (χ4v) is 0.280. The molecule has 0 radical (unpaired) electrons. The summed E-state index contributed by atoms with van der Waals surface area (Å²) < 4.78 is 4.66. The van der Waals surface area contributed by atoms with E-state index in [1.165, 1.54) is 0 Å².